The minimum Gasteiger partial charge on any atom is -0.368 e. The normalized spacial score (nSPS) is 12.0. The highest BCUT2D eigenvalue weighted by Crippen LogP contribution is 2.37. The molecule has 6 heteroatoms. The largest absolute Gasteiger partial charge is 0.368 e. The zero-order chi connectivity index (χ0) is 17.7. The molecule has 0 aliphatic carbocycles. The van der Waals surface area contributed by atoms with Gasteiger partial charge in [0.25, 0.3) is 0 Å². The van der Waals surface area contributed by atoms with Crippen molar-refractivity contribution >= 4 is 38.9 Å². The molecular weight excluding hydrogens is 386 g/mol. The number of hydrogen-bond acceptors (Lipinski definition) is 4. The Balaban J connectivity index is 2.47. The van der Waals surface area contributed by atoms with Crippen molar-refractivity contribution in [2.24, 2.45) is 11.7 Å². The molecule has 1 atom stereocenters. The number of benzene rings is 1. The predicted octanol–water partition coefficient (Wildman–Crippen LogP) is 4.41. The van der Waals surface area contributed by atoms with Gasteiger partial charge < -0.3 is 10.6 Å². The van der Waals surface area contributed by atoms with E-state index in [1.807, 2.05) is 53.8 Å². The van der Waals surface area contributed by atoms with Crippen molar-refractivity contribution in [2.75, 3.05) is 11.4 Å². The molecule has 0 aliphatic rings. The van der Waals surface area contributed by atoms with Gasteiger partial charge in [-0.25, -0.2) is 0 Å². The van der Waals surface area contributed by atoms with Crippen molar-refractivity contribution < 1.29 is 4.79 Å². The lowest BCUT2D eigenvalue weighted by molar-refractivity contribution is -0.119. The van der Waals surface area contributed by atoms with Gasteiger partial charge in [-0.15, -0.1) is 11.3 Å². The van der Waals surface area contributed by atoms with Gasteiger partial charge in [0.05, 0.1) is 11.8 Å². The van der Waals surface area contributed by atoms with Crippen molar-refractivity contribution in [1.82, 2.24) is 0 Å². The van der Waals surface area contributed by atoms with Crippen molar-refractivity contribution in [3.05, 3.63) is 39.5 Å². The molecule has 0 aliphatic heterocycles. The molecule has 1 aromatic heterocycles. The Kier molecular flexibility index (Phi) is 6.41. The highest BCUT2D eigenvalue weighted by molar-refractivity contribution is 9.10. The predicted molar refractivity (Wildman–Crippen MR) is 103 cm³/mol. The summed E-state index contributed by atoms with van der Waals surface area (Å²) in [5.74, 6) is -0.0954. The van der Waals surface area contributed by atoms with Crippen molar-refractivity contribution in [2.45, 2.75) is 26.3 Å². The van der Waals surface area contributed by atoms with Gasteiger partial charge in [-0.3, -0.25) is 4.79 Å². The number of amides is 1. The maximum absolute atomic E-state index is 12.0. The van der Waals surface area contributed by atoms with E-state index in [1.54, 1.807) is 11.3 Å². The minimum absolute atomic E-state index is 0.123. The molecule has 0 spiro atoms. The van der Waals surface area contributed by atoms with Gasteiger partial charge in [-0.2, -0.15) is 5.26 Å². The topological polar surface area (TPSA) is 70.1 Å². The number of rotatable bonds is 7. The number of carbonyl (C=O) groups is 1. The van der Waals surface area contributed by atoms with E-state index in [9.17, 15) is 10.1 Å². The van der Waals surface area contributed by atoms with E-state index in [4.69, 9.17) is 5.73 Å². The molecule has 0 saturated carbocycles. The third-order valence-electron chi connectivity index (χ3n) is 3.73. The molecule has 0 bridgehead atoms. The summed E-state index contributed by atoms with van der Waals surface area (Å²) in [7, 11) is 0. The van der Waals surface area contributed by atoms with Crippen LogP contribution in [0.1, 0.15) is 20.3 Å². The van der Waals surface area contributed by atoms with Gasteiger partial charge in [0, 0.05) is 20.8 Å². The number of nitriles is 1. The Labute approximate surface area is 155 Å². The molecule has 0 radical (unpaired) electrons. The molecule has 24 heavy (non-hydrogen) atoms. The van der Waals surface area contributed by atoms with Crippen LogP contribution in [-0.4, -0.2) is 18.5 Å². The van der Waals surface area contributed by atoms with Crippen LogP contribution in [-0.2, 0) is 4.79 Å². The van der Waals surface area contributed by atoms with E-state index in [-0.39, 0.29) is 6.54 Å². The highest BCUT2D eigenvalue weighted by atomic mass is 79.9. The summed E-state index contributed by atoms with van der Waals surface area (Å²) in [6.45, 7) is 4.21. The first-order chi connectivity index (χ1) is 11.4. The van der Waals surface area contributed by atoms with E-state index < -0.39 is 11.9 Å². The second-order valence-corrected chi connectivity index (χ2v) is 7.67. The lowest BCUT2D eigenvalue weighted by Gasteiger charge is -2.31. The summed E-state index contributed by atoms with van der Waals surface area (Å²) in [5, 5.41) is 13.3. The van der Waals surface area contributed by atoms with E-state index in [1.165, 1.54) is 0 Å². The Morgan fingerprint density at radius 2 is 2.17 bits per heavy atom. The first kappa shape index (κ1) is 18.5. The fourth-order valence-electron chi connectivity index (χ4n) is 2.67. The molecule has 2 N–H and O–H groups in total. The zero-order valence-electron chi connectivity index (χ0n) is 13.7. The number of halogens is 1. The molecule has 0 unspecified atom stereocenters. The summed E-state index contributed by atoms with van der Waals surface area (Å²) < 4.78 is 0.984. The van der Waals surface area contributed by atoms with Crippen LogP contribution >= 0.6 is 27.3 Å². The van der Waals surface area contributed by atoms with Crippen molar-refractivity contribution in [3.63, 3.8) is 0 Å². The molecule has 4 nitrogen and oxygen atoms in total. The zero-order valence-corrected chi connectivity index (χ0v) is 16.1. The average molecular weight is 406 g/mol. The number of hydrogen-bond donors (Lipinski definition) is 1. The van der Waals surface area contributed by atoms with Gasteiger partial charge in [0.1, 0.15) is 12.6 Å². The number of thiophene rings is 1. The van der Waals surface area contributed by atoms with Gasteiger partial charge >= 0.3 is 0 Å². The summed E-state index contributed by atoms with van der Waals surface area (Å²) >= 11 is 5.04. The highest BCUT2D eigenvalue weighted by Gasteiger charge is 2.27. The Bertz CT molecular complexity index is 751. The van der Waals surface area contributed by atoms with Crippen LogP contribution in [0.5, 0.6) is 0 Å². The molecule has 2 rings (SSSR count). The quantitative estimate of drug-likeness (QED) is 0.693. The van der Waals surface area contributed by atoms with Crippen LogP contribution in [0.2, 0.25) is 0 Å². The van der Waals surface area contributed by atoms with Crippen LogP contribution < -0.4 is 10.6 Å². The van der Waals surface area contributed by atoms with Crippen LogP contribution in [0.25, 0.3) is 11.1 Å². The van der Waals surface area contributed by atoms with Gasteiger partial charge in [0.15, 0.2) is 0 Å². The number of nitrogens with two attached hydrogens (primary N) is 1. The molecule has 1 heterocycles. The van der Waals surface area contributed by atoms with Crippen molar-refractivity contribution in [3.8, 4) is 17.2 Å². The molecule has 0 fully saturated rings. The molecule has 1 aromatic carbocycles. The standard InChI is InChI=1S/C18H20BrN3OS/c1-12(2)8-16(18(21)23)22(7-6-20)17-11-24-10-15(17)13-4-3-5-14(19)9-13/h3-5,9-12,16H,7-8H2,1-2H3,(H2,21,23)/t16-/m0/s1. The third kappa shape index (κ3) is 4.37. The molecule has 2 aromatic rings. The second kappa shape index (κ2) is 8.32. The lowest BCUT2D eigenvalue weighted by atomic mass is 10.00. The summed E-state index contributed by atoms with van der Waals surface area (Å²) in [6.07, 6.45) is 0.616. The number of primary amides is 1. The smallest absolute Gasteiger partial charge is 0.240 e. The van der Waals surface area contributed by atoms with Crippen LogP contribution in [0.4, 0.5) is 5.69 Å². The van der Waals surface area contributed by atoms with Gasteiger partial charge in [-0.05, 0) is 30.0 Å². The lowest BCUT2D eigenvalue weighted by Crippen LogP contribution is -2.46. The van der Waals surface area contributed by atoms with E-state index in [0.717, 1.165) is 21.3 Å². The van der Waals surface area contributed by atoms with E-state index >= 15 is 0 Å². The van der Waals surface area contributed by atoms with E-state index in [2.05, 4.69) is 22.0 Å². The van der Waals surface area contributed by atoms with Crippen LogP contribution in [0, 0.1) is 17.2 Å². The van der Waals surface area contributed by atoms with Gasteiger partial charge in [0.2, 0.25) is 5.91 Å². The summed E-state index contributed by atoms with van der Waals surface area (Å²) in [4.78, 5) is 13.8. The summed E-state index contributed by atoms with van der Waals surface area (Å²) in [6, 6.07) is 9.65. The fourth-order valence-corrected chi connectivity index (χ4v) is 3.92. The monoisotopic (exact) mass is 405 g/mol. The Morgan fingerprint density at radius 1 is 1.42 bits per heavy atom. The molecular formula is C18H20BrN3OS. The van der Waals surface area contributed by atoms with Gasteiger partial charge in [-0.1, -0.05) is 41.9 Å². The fraction of sp³-hybridized carbons (Fsp3) is 0.333. The Morgan fingerprint density at radius 3 is 2.75 bits per heavy atom. The first-order valence-corrected chi connectivity index (χ1v) is 9.42. The second-order valence-electron chi connectivity index (χ2n) is 6.01. The molecule has 126 valence electrons. The summed E-state index contributed by atoms with van der Waals surface area (Å²) in [5.41, 5.74) is 8.56. The number of nitrogens with zero attached hydrogens (tertiary/aromatic N) is 2. The average Bonchev–Trinajstić information content (AvgIpc) is 2.99. The number of anilines is 1. The number of carbonyl (C=O) groups excluding carboxylic acids is 1. The van der Waals surface area contributed by atoms with Crippen LogP contribution in [0.15, 0.2) is 39.5 Å². The molecule has 1 amide bonds. The maximum Gasteiger partial charge on any atom is 0.240 e. The third-order valence-corrected chi connectivity index (χ3v) is 4.95. The minimum atomic E-state index is -0.495. The maximum atomic E-state index is 12.0. The molecule has 0 saturated heterocycles. The SMILES string of the molecule is CC(C)C[C@@H](C(N)=O)N(CC#N)c1cscc1-c1cccc(Br)c1. The Hall–Kier alpha value is -1.84. The first-order valence-electron chi connectivity index (χ1n) is 7.69. The van der Waals surface area contributed by atoms with Crippen molar-refractivity contribution in [1.29, 1.82) is 5.26 Å². The van der Waals surface area contributed by atoms with E-state index in [0.29, 0.717) is 12.3 Å². The van der Waals surface area contributed by atoms with Crippen LogP contribution in [0.3, 0.4) is 0 Å².